The van der Waals surface area contributed by atoms with Gasteiger partial charge in [0.15, 0.2) is 5.82 Å². The number of rotatable bonds is 4. The highest BCUT2D eigenvalue weighted by atomic mass is 19.4. The molecular weight excluding hydrogens is 383 g/mol. The third kappa shape index (κ3) is 3.87. The first kappa shape index (κ1) is 19.2. The minimum atomic E-state index is -4.40. The second-order valence-corrected chi connectivity index (χ2v) is 6.96. The largest absolute Gasteiger partial charge is 0.416 e. The Bertz CT molecular complexity index is 1030. The molecule has 1 amide bonds. The number of carbonyl (C=O) groups is 1. The first-order chi connectivity index (χ1) is 13.8. The van der Waals surface area contributed by atoms with Crippen molar-refractivity contribution in [2.45, 2.75) is 31.9 Å². The van der Waals surface area contributed by atoms with Gasteiger partial charge in [-0.25, -0.2) is 0 Å². The first-order valence-corrected chi connectivity index (χ1v) is 9.25. The molecule has 1 fully saturated rings. The average molecular weight is 401 g/mol. The molecule has 0 aliphatic carbocycles. The van der Waals surface area contributed by atoms with E-state index in [1.165, 1.54) is 12.1 Å². The van der Waals surface area contributed by atoms with Crippen LogP contribution in [0.15, 0.2) is 53.1 Å². The van der Waals surface area contributed by atoms with E-state index in [0.29, 0.717) is 17.9 Å². The van der Waals surface area contributed by atoms with Crippen LogP contribution >= 0.6 is 0 Å². The van der Waals surface area contributed by atoms with Gasteiger partial charge in [-0.15, -0.1) is 0 Å². The van der Waals surface area contributed by atoms with Gasteiger partial charge in [0, 0.05) is 30.1 Å². The molecule has 150 valence electrons. The highest BCUT2D eigenvalue weighted by Crippen LogP contribution is 2.33. The van der Waals surface area contributed by atoms with Gasteiger partial charge >= 0.3 is 6.18 Å². The third-order valence-corrected chi connectivity index (χ3v) is 5.02. The number of hydrogen-bond acceptors (Lipinski definition) is 4. The van der Waals surface area contributed by atoms with E-state index in [1.807, 2.05) is 24.3 Å². The Kier molecular flexibility index (Phi) is 4.86. The fourth-order valence-electron chi connectivity index (χ4n) is 3.39. The molecule has 0 bridgehead atoms. The van der Waals surface area contributed by atoms with Gasteiger partial charge in [0.1, 0.15) is 0 Å². The summed E-state index contributed by atoms with van der Waals surface area (Å²) in [6, 6.07) is 12.3. The Labute approximate surface area is 165 Å². The molecule has 2 aromatic carbocycles. The van der Waals surface area contributed by atoms with Gasteiger partial charge in [-0.2, -0.15) is 18.2 Å². The molecule has 4 rings (SSSR count). The van der Waals surface area contributed by atoms with Crippen LogP contribution in [0.4, 0.5) is 18.9 Å². The van der Waals surface area contributed by atoms with Crippen molar-refractivity contribution in [3.05, 3.63) is 65.5 Å². The summed E-state index contributed by atoms with van der Waals surface area (Å²) >= 11 is 0. The fraction of sp³-hybridized carbons (Fsp3) is 0.286. The quantitative estimate of drug-likeness (QED) is 0.628. The number of anilines is 1. The van der Waals surface area contributed by atoms with Crippen LogP contribution < -0.4 is 4.90 Å². The molecule has 5 nitrogen and oxygen atoms in total. The molecule has 0 spiro atoms. The summed E-state index contributed by atoms with van der Waals surface area (Å²) in [6.07, 6.45) is -3.27. The van der Waals surface area contributed by atoms with Crippen LogP contribution in [0, 0.1) is 0 Å². The van der Waals surface area contributed by atoms with Crippen molar-refractivity contribution < 1.29 is 22.5 Å². The Balaban J connectivity index is 1.52. The first-order valence-electron chi connectivity index (χ1n) is 9.25. The van der Waals surface area contributed by atoms with E-state index >= 15 is 0 Å². The number of nitrogens with zero attached hydrogens (tertiary/aromatic N) is 3. The van der Waals surface area contributed by atoms with Crippen LogP contribution in [0.1, 0.15) is 36.2 Å². The smallest absolute Gasteiger partial charge is 0.334 e. The monoisotopic (exact) mass is 401 g/mol. The number of amides is 1. The number of carbonyl (C=O) groups excluding carboxylic acids is 1. The summed E-state index contributed by atoms with van der Waals surface area (Å²) in [6.45, 7) is 2.48. The molecule has 29 heavy (non-hydrogen) atoms. The Morgan fingerprint density at radius 1 is 1.17 bits per heavy atom. The van der Waals surface area contributed by atoms with Crippen LogP contribution in [0.2, 0.25) is 0 Å². The van der Waals surface area contributed by atoms with E-state index in [-0.39, 0.29) is 24.1 Å². The zero-order valence-corrected chi connectivity index (χ0v) is 15.6. The van der Waals surface area contributed by atoms with E-state index in [1.54, 1.807) is 4.90 Å². The maximum absolute atomic E-state index is 12.7. The van der Waals surface area contributed by atoms with E-state index < -0.39 is 11.7 Å². The molecule has 0 radical (unpaired) electrons. The molecule has 1 aliphatic heterocycles. The standard InChI is InChI=1S/C21H18F3N3O2/c1-2-13-4-3-5-17(10-13)27-12-15(11-18(27)28)19-25-20(29-26-19)14-6-8-16(9-7-14)21(22,23)24/h3-10,15H,2,11-12H2,1H3. The van der Waals surface area contributed by atoms with Crippen molar-refractivity contribution in [3.63, 3.8) is 0 Å². The zero-order valence-electron chi connectivity index (χ0n) is 15.6. The van der Waals surface area contributed by atoms with Crippen molar-refractivity contribution >= 4 is 11.6 Å². The molecule has 0 N–H and O–H groups in total. The number of benzene rings is 2. The van der Waals surface area contributed by atoms with Crippen LogP contribution in [0.3, 0.4) is 0 Å². The van der Waals surface area contributed by atoms with E-state index in [0.717, 1.165) is 29.8 Å². The number of alkyl halides is 3. The van der Waals surface area contributed by atoms with Crippen molar-refractivity contribution in [1.82, 2.24) is 10.1 Å². The Hall–Kier alpha value is -3.16. The van der Waals surface area contributed by atoms with Crippen LogP contribution in [0.5, 0.6) is 0 Å². The second-order valence-electron chi connectivity index (χ2n) is 6.96. The van der Waals surface area contributed by atoms with Crippen molar-refractivity contribution in [2.24, 2.45) is 0 Å². The minimum absolute atomic E-state index is 0.0240. The third-order valence-electron chi connectivity index (χ3n) is 5.02. The number of aromatic nitrogens is 2. The highest BCUT2D eigenvalue weighted by Gasteiger charge is 2.35. The Morgan fingerprint density at radius 3 is 2.62 bits per heavy atom. The molecule has 1 saturated heterocycles. The average Bonchev–Trinajstić information content (AvgIpc) is 3.34. The number of halogens is 3. The molecule has 1 unspecified atom stereocenters. The van der Waals surface area contributed by atoms with Gasteiger partial charge in [0.2, 0.25) is 5.91 Å². The molecule has 1 aliphatic rings. The molecule has 3 aromatic rings. The van der Waals surface area contributed by atoms with Crippen LogP contribution in [0.25, 0.3) is 11.5 Å². The topological polar surface area (TPSA) is 59.2 Å². The predicted octanol–water partition coefficient (Wildman–Crippen LogP) is 4.84. The summed E-state index contributed by atoms with van der Waals surface area (Å²) in [5.41, 5.74) is 1.63. The molecule has 8 heteroatoms. The number of aryl methyl sites for hydroxylation is 1. The van der Waals surface area contributed by atoms with Crippen LogP contribution in [-0.2, 0) is 17.4 Å². The van der Waals surface area contributed by atoms with E-state index in [9.17, 15) is 18.0 Å². The molecule has 1 atom stereocenters. The summed E-state index contributed by atoms with van der Waals surface area (Å²) in [5, 5.41) is 3.95. The lowest BCUT2D eigenvalue weighted by atomic mass is 10.1. The lowest BCUT2D eigenvalue weighted by Gasteiger charge is -2.17. The van der Waals surface area contributed by atoms with Crippen molar-refractivity contribution in [3.8, 4) is 11.5 Å². The summed E-state index contributed by atoms with van der Waals surface area (Å²) < 4.78 is 43.3. The summed E-state index contributed by atoms with van der Waals surface area (Å²) in [4.78, 5) is 18.5. The highest BCUT2D eigenvalue weighted by molar-refractivity contribution is 5.96. The zero-order chi connectivity index (χ0) is 20.6. The van der Waals surface area contributed by atoms with Gasteiger partial charge < -0.3 is 9.42 Å². The minimum Gasteiger partial charge on any atom is -0.334 e. The molecule has 0 saturated carbocycles. The van der Waals surface area contributed by atoms with E-state index in [4.69, 9.17) is 4.52 Å². The maximum atomic E-state index is 12.7. The van der Waals surface area contributed by atoms with Crippen LogP contribution in [-0.4, -0.2) is 22.6 Å². The SMILES string of the molecule is CCc1cccc(N2CC(c3noc(-c4ccc(C(F)(F)F)cc4)n3)CC2=O)c1. The summed E-state index contributed by atoms with van der Waals surface area (Å²) in [5.74, 6) is 0.249. The molecule has 2 heterocycles. The van der Waals surface area contributed by atoms with Crippen molar-refractivity contribution in [2.75, 3.05) is 11.4 Å². The van der Waals surface area contributed by atoms with Gasteiger partial charge in [-0.1, -0.05) is 24.2 Å². The summed E-state index contributed by atoms with van der Waals surface area (Å²) in [7, 11) is 0. The lowest BCUT2D eigenvalue weighted by Crippen LogP contribution is -2.24. The lowest BCUT2D eigenvalue weighted by molar-refractivity contribution is -0.137. The molecular formula is C21H18F3N3O2. The van der Waals surface area contributed by atoms with Gasteiger partial charge in [0.25, 0.3) is 5.89 Å². The fourth-order valence-corrected chi connectivity index (χ4v) is 3.39. The number of hydrogen-bond donors (Lipinski definition) is 0. The second kappa shape index (κ2) is 7.35. The maximum Gasteiger partial charge on any atom is 0.416 e. The normalized spacial score (nSPS) is 17.2. The van der Waals surface area contributed by atoms with Gasteiger partial charge in [-0.3, -0.25) is 4.79 Å². The predicted molar refractivity (Wildman–Crippen MR) is 100 cm³/mol. The molecule has 1 aromatic heterocycles. The Morgan fingerprint density at radius 2 is 1.93 bits per heavy atom. The van der Waals surface area contributed by atoms with Gasteiger partial charge in [0.05, 0.1) is 5.56 Å². The van der Waals surface area contributed by atoms with E-state index in [2.05, 4.69) is 17.1 Å². The van der Waals surface area contributed by atoms with Crippen molar-refractivity contribution in [1.29, 1.82) is 0 Å². The van der Waals surface area contributed by atoms with Gasteiger partial charge in [-0.05, 0) is 48.4 Å².